The molecule has 2 rings (SSSR count). The highest BCUT2D eigenvalue weighted by molar-refractivity contribution is 6.08. The number of hydrogen-bond donors (Lipinski definition) is 0. The van der Waals surface area contributed by atoms with Crippen LogP contribution in [-0.4, -0.2) is 10.8 Å². The Hall–Kier alpha value is -2.03. The Morgan fingerprint density at radius 2 is 1.81 bits per heavy atom. The minimum absolute atomic E-state index is 0.120. The average molecular weight is 215 g/mol. The van der Waals surface area contributed by atoms with Gasteiger partial charge in [0.2, 0.25) is 0 Å². The Kier molecular flexibility index (Phi) is 2.77. The van der Waals surface area contributed by atoms with E-state index in [0.717, 1.165) is 5.69 Å². The number of halogens is 1. The van der Waals surface area contributed by atoms with Gasteiger partial charge in [0.05, 0.1) is 0 Å². The molecule has 0 radical (unpaired) electrons. The smallest absolute Gasteiger partial charge is 0.193 e. The predicted molar refractivity (Wildman–Crippen MR) is 58.8 cm³/mol. The van der Waals surface area contributed by atoms with Gasteiger partial charge >= 0.3 is 0 Å². The molecule has 2 nitrogen and oxygen atoms in total. The fourth-order valence-electron chi connectivity index (χ4n) is 1.45. The van der Waals surface area contributed by atoms with Crippen LogP contribution in [0.3, 0.4) is 0 Å². The van der Waals surface area contributed by atoms with Gasteiger partial charge in [0.15, 0.2) is 5.78 Å². The van der Waals surface area contributed by atoms with Crippen LogP contribution in [0.4, 0.5) is 4.39 Å². The first-order chi connectivity index (χ1) is 7.66. The zero-order valence-electron chi connectivity index (χ0n) is 8.77. The van der Waals surface area contributed by atoms with Crippen LogP contribution in [-0.2, 0) is 0 Å². The second-order valence-electron chi connectivity index (χ2n) is 3.52. The molecule has 0 amide bonds. The molecular formula is C13H10FNO. The number of benzene rings is 1. The normalized spacial score (nSPS) is 10.1. The van der Waals surface area contributed by atoms with Crippen LogP contribution in [0.5, 0.6) is 0 Å². The lowest BCUT2D eigenvalue weighted by molar-refractivity contribution is 0.103. The molecule has 0 fully saturated rings. The van der Waals surface area contributed by atoms with Gasteiger partial charge in [0.25, 0.3) is 0 Å². The summed E-state index contributed by atoms with van der Waals surface area (Å²) in [7, 11) is 0. The lowest BCUT2D eigenvalue weighted by atomic mass is 10.0. The summed E-state index contributed by atoms with van der Waals surface area (Å²) < 4.78 is 12.7. The van der Waals surface area contributed by atoms with Gasteiger partial charge < -0.3 is 0 Å². The molecule has 0 aliphatic heterocycles. The molecule has 0 atom stereocenters. The van der Waals surface area contributed by atoms with Crippen molar-refractivity contribution in [2.75, 3.05) is 0 Å². The molecular weight excluding hydrogens is 205 g/mol. The summed E-state index contributed by atoms with van der Waals surface area (Å²) in [6, 6.07) is 8.88. The van der Waals surface area contributed by atoms with Gasteiger partial charge in [0, 0.05) is 23.0 Å². The van der Waals surface area contributed by atoms with E-state index in [0.29, 0.717) is 11.1 Å². The molecule has 1 aromatic heterocycles. The SMILES string of the molecule is Cc1cc(C(=O)c2ccc(F)cc2)ccn1. The van der Waals surface area contributed by atoms with Crippen molar-refractivity contribution in [3.05, 3.63) is 65.2 Å². The molecule has 0 saturated carbocycles. The van der Waals surface area contributed by atoms with Crippen LogP contribution in [0.15, 0.2) is 42.6 Å². The van der Waals surface area contributed by atoms with Gasteiger partial charge in [-0.15, -0.1) is 0 Å². The zero-order valence-corrected chi connectivity index (χ0v) is 8.77. The van der Waals surface area contributed by atoms with Crippen molar-refractivity contribution in [3.63, 3.8) is 0 Å². The molecule has 0 aliphatic carbocycles. The standard InChI is InChI=1S/C13H10FNO/c1-9-8-11(6-7-15-9)13(16)10-2-4-12(14)5-3-10/h2-8H,1H3. The van der Waals surface area contributed by atoms with E-state index >= 15 is 0 Å². The van der Waals surface area contributed by atoms with E-state index in [9.17, 15) is 9.18 Å². The van der Waals surface area contributed by atoms with E-state index in [1.165, 1.54) is 24.3 Å². The number of rotatable bonds is 2. The highest BCUT2D eigenvalue weighted by Crippen LogP contribution is 2.10. The lowest BCUT2D eigenvalue weighted by Gasteiger charge is -2.01. The predicted octanol–water partition coefficient (Wildman–Crippen LogP) is 2.76. The molecule has 1 heterocycles. The van der Waals surface area contributed by atoms with Crippen molar-refractivity contribution >= 4 is 5.78 Å². The molecule has 0 saturated heterocycles. The molecule has 80 valence electrons. The van der Waals surface area contributed by atoms with Crippen LogP contribution in [0.1, 0.15) is 21.6 Å². The van der Waals surface area contributed by atoms with Gasteiger partial charge in [0.1, 0.15) is 5.82 Å². The van der Waals surface area contributed by atoms with Crippen LogP contribution >= 0.6 is 0 Å². The largest absolute Gasteiger partial charge is 0.289 e. The van der Waals surface area contributed by atoms with Crippen molar-refractivity contribution in [2.45, 2.75) is 6.92 Å². The number of hydrogen-bond acceptors (Lipinski definition) is 2. The number of nitrogens with zero attached hydrogens (tertiary/aromatic N) is 1. The van der Waals surface area contributed by atoms with Crippen molar-refractivity contribution in [3.8, 4) is 0 Å². The Morgan fingerprint density at radius 3 is 2.44 bits per heavy atom. The third-order valence-electron chi connectivity index (χ3n) is 2.27. The van der Waals surface area contributed by atoms with Crippen molar-refractivity contribution in [2.24, 2.45) is 0 Å². The van der Waals surface area contributed by atoms with Gasteiger partial charge in [-0.05, 0) is 43.3 Å². The molecule has 0 bridgehead atoms. The van der Waals surface area contributed by atoms with Crippen LogP contribution in [0.2, 0.25) is 0 Å². The number of aromatic nitrogens is 1. The highest BCUT2D eigenvalue weighted by atomic mass is 19.1. The first-order valence-electron chi connectivity index (χ1n) is 4.90. The summed E-state index contributed by atoms with van der Waals surface area (Å²) in [5.41, 5.74) is 1.83. The zero-order chi connectivity index (χ0) is 11.5. The van der Waals surface area contributed by atoms with Crippen molar-refractivity contribution < 1.29 is 9.18 Å². The monoisotopic (exact) mass is 215 g/mol. The van der Waals surface area contributed by atoms with Crippen molar-refractivity contribution in [1.82, 2.24) is 4.98 Å². The van der Waals surface area contributed by atoms with E-state index < -0.39 is 0 Å². The molecule has 0 spiro atoms. The summed E-state index contributed by atoms with van der Waals surface area (Å²) in [5, 5.41) is 0. The quantitative estimate of drug-likeness (QED) is 0.721. The van der Waals surface area contributed by atoms with E-state index in [2.05, 4.69) is 4.98 Å². The molecule has 2 aromatic rings. The lowest BCUT2D eigenvalue weighted by Crippen LogP contribution is -2.02. The summed E-state index contributed by atoms with van der Waals surface area (Å²) in [4.78, 5) is 16.0. The molecule has 0 unspecified atom stereocenters. The van der Waals surface area contributed by atoms with Gasteiger partial charge in [-0.25, -0.2) is 4.39 Å². The second-order valence-corrected chi connectivity index (χ2v) is 3.52. The fraction of sp³-hybridized carbons (Fsp3) is 0.0769. The maximum Gasteiger partial charge on any atom is 0.193 e. The fourth-order valence-corrected chi connectivity index (χ4v) is 1.45. The number of ketones is 1. The molecule has 16 heavy (non-hydrogen) atoms. The van der Waals surface area contributed by atoms with Gasteiger partial charge in [-0.3, -0.25) is 9.78 Å². The third kappa shape index (κ3) is 2.14. The number of carbonyl (C=O) groups is 1. The summed E-state index contributed by atoms with van der Waals surface area (Å²) >= 11 is 0. The number of aryl methyl sites for hydroxylation is 1. The Balaban J connectivity index is 2.35. The number of pyridine rings is 1. The Morgan fingerprint density at radius 1 is 1.12 bits per heavy atom. The van der Waals surface area contributed by atoms with Crippen LogP contribution < -0.4 is 0 Å². The minimum atomic E-state index is -0.345. The topological polar surface area (TPSA) is 30.0 Å². The molecule has 0 aliphatic rings. The number of carbonyl (C=O) groups excluding carboxylic acids is 1. The summed E-state index contributed by atoms with van der Waals surface area (Å²) in [6.07, 6.45) is 1.59. The van der Waals surface area contributed by atoms with E-state index in [1.807, 2.05) is 6.92 Å². The van der Waals surface area contributed by atoms with E-state index in [4.69, 9.17) is 0 Å². The maximum absolute atomic E-state index is 12.7. The van der Waals surface area contributed by atoms with E-state index in [-0.39, 0.29) is 11.6 Å². The van der Waals surface area contributed by atoms with Gasteiger partial charge in [-0.2, -0.15) is 0 Å². The Bertz CT molecular complexity index is 520. The third-order valence-corrected chi connectivity index (χ3v) is 2.27. The minimum Gasteiger partial charge on any atom is -0.289 e. The first-order valence-corrected chi connectivity index (χ1v) is 4.90. The molecule has 0 N–H and O–H groups in total. The van der Waals surface area contributed by atoms with Crippen molar-refractivity contribution in [1.29, 1.82) is 0 Å². The Labute approximate surface area is 92.8 Å². The molecule has 3 heteroatoms. The first kappa shape index (κ1) is 10.5. The van der Waals surface area contributed by atoms with Gasteiger partial charge in [-0.1, -0.05) is 0 Å². The van der Waals surface area contributed by atoms with Crippen LogP contribution in [0, 0.1) is 12.7 Å². The maximum atomic E-state index is 12.7. The average Bonchev–Trinajstić information content (AvgIpc) is 2.29. The highest BCUT2D eigenvalue weighted by Gasteiger charge is 2.08. The van der Waals surface area contributed by atoms with E-state index in [1.54, 1.807) is 18.3 Å². The second kappa shape index (κ2) is 4.23. The summed E-state index contributed by atoms with van der Waals surface area (Å²) in [6.45, 7) is 1.82. The summed E-state index contributed by atoms with van der Waals surface area (Å²) in [5.74, 6) is -0.465. The molecule has 1 aromatic carbocycles. The van der Waals surface area contributed by atoms with Crippen LogP contribution in [0.25, 0.3) is 0 Å².